The van der Waals surface area contributed by atoms with E-state index in [0.29, 0.717) is 11.9 Å². The fraction of sp³-hybridized carbons (Fsp3) is 0.667. The number of rotatable bonds is 3. The summed E-state index contributed by atoms with van der Waals surface area (Å²) in [6, 6.07) is 1.90. The highest BCUT2D eigenvalue weighted by molar-refractivity contribution is 5.35. The molecule has 2 rings (SSSR count). The van der Waals surface area contributed by atoms with Crippen LogP contribution in [0.15, 0.2) is 10.9 Å². The molecule has 0 saturated carbocycles. The van der Waals surface area contributed by atoms with Gasteiger partial charge in [0.1, 0.15) is 11.6 Å². The Labute approximate surface area is 101 Å². The highest BCUT2D eigenvalue weighted by Crippen LogP contribution is 2.12. The molecule has 1 aromatic heterocycles. The lowest BCUT2D eigenvalue weighted by Crippen LogP contribution is -2.38. The van der Waals surface area contributed by atoms with Crippen LogP contribution in [0.25, 0.3) is 0 Å². The molecule has 1 atom stereocenters. The number of aromatic nitrogens is 2. The lowest BCUT2D eigenvalue weighted by molar-refractivity contribution is 0.478. The van der Waals surface area contributed by atoms with Gasteiger partial charge in [0.15, 0.2) is 0 Å². The van der Waals surface area contributed by atoms with Crippen LogP contribution in [-0.2, 0) is 0 Å². The van der Waals surface area contributed by atoms with Gasteiger partial charge in [0.25, 0.3) is 5.56 Å². The molecular weight excluding hydrogens is 216 g/mol. The standard InChI is InChI=1S/C12H20N4O/c1-8(2)12-15-10(6-11(17)16-12)14-9-4-3-5-13-7-9/h6,8-9,13H,3-5,7H2,1-2H3,(H2,14,15,16,17). The third-order valence-electron chi connectivity index (χ3n) is 2.96. The summed E-state index contributed by atoms with van der Waals surface area (Å²) >= 11 is 0. The number of hydrogen-bond acceptors (Lipinski definition) is 4. The predicted octanol–water partition coefficient (Wildman–Crippen LogP) is 1.06. The number of hydrogen-bond donors (Lipinski definition) is 3. The number of nitrogens with one attached hydrogen (secondary N) is 3. The van der Waals surface area contributed by atoms with Crippen molar-refractivity contribution >= 4 is 5.82 Å². The lowest BCUT2D eigenvalue weighted by atomic mass is 10.1. The summed E-state index contributed by atoms with van der Waals surface area (Å²) in [6.45, 7) is 6.05. The van der Waals surface area contributed by atoms with Crippen LogP contribution in [0.1, 0.15) is 38.4 Å². The fourth-order valence-corrected chi connectivity index (χ4v) is 2.01. The summed E-state index contributed by atoms with van der Waals surface area (Å²) in [5.74, 6) is 1.66. The van der Waals surface area contributed by atoms with Crippen LogP contribution in [0.5, 0.6) is 0 Å². The molecule has 1 aromatic rings. The molecule has 94 valence electrons. The van der Waals surface area contributed by atoms with Crippen molar-refractivity contribution in [2.75, 3.05) is 18.4 Å². The molecule has 2 heterocycles. The van der Waals surface area contributed by atoms with Gasteiger partial charge in [-0.2, -0.15) is 0 Å². The molecule has 0 aromatic carbocycles. The second-order valence-corrected chi connectivity index (χ2v) is 4.86. The van der Waals surface area contributed by atoms with Gasteiger partial charge >= 0.3 is 0 Å². The first-order valence-electron chi connectivity index (χ1n) is 6.23. The third kappa shape index (κ3) is 3.30. The van der Waals surface area contributed by atoms with Crippen LogP contribution >= 0.6 is 0 Å². The molecule has 1 fully saturated rings. The number of aromatic amines is 1. The van der Waals surface area contributed by atoms with Crippen LogP contribution in [0.4, 0.5) is 5.82 Å². The van der Waals surface area contributed by atoms with E-state index in [1.54, 1.807) is 0 Å². The Morgan fingerprint density at radius 2 is 2.35 bits per heavy atom. The highest BCUT2D eigenvalue weighted by atomic mass is 16.1. The SMILES string of the molecule is CC(C)c1nc(NC2CCCNC2)cc(=O)[nH]1. The van der Waals surface area contributed by atoms with E-state index in [2.05, 4.69) is 20.6 Å². The van der Waals surface area contributed by atoms with E-state index < -0.39 is 0 Å². The molecule has 1 aliphatic heterocycles. The maximum atomic E-state index is 11.5. The minimum Gasteiger partial charge on any atom is -0.366 e. The largest absolute Gasteiger partial charge is 0.366 e. The molecule has 5 heteroatoms. The Balaban J connectivity index is 2.11. The van der Waals surface area contributed by atoms with E-state index in [9.17, 15) is 4.79 Å². The molecule has 1 unspecified atom stereocenters. The molecule has 0 bridgehead atoms. The molecule has 0 amide bonds. The Hall–Kier alpha value is -1.36. The molecular formula is C12H20N4O. The smallest absolute Gasteiger partial charge is 0.252 e. The maximum Gasteiger partial charge on any atom is 0.252 e. The van der Waals surface area contributed by atoms with Gasteiger partial charge in [-0.15, -0.1) is 0 Å². The normalized spacial score (nSPS) is 20.5. The maximum absolute atomic E-state index is 11.5. The first-order valence-corrected chi connectivity index (χ1v) is 6.23. The Morgan fingerprint density at radius 1 is 1.53 bits per heavy atom. The van der Waals surface area contributed by atoms with Crippen LogP contribution < -0.4 is 16.2 Å². The van der Waals surface area contributed by atoms with Crippen molar-refractivity contribution in [3.63, 3.8) is 0 Å². The van der Waals surface area contributed by atoms with Crippen LogP contribution in [-0.4, -0.2) is 29.1 Å². The fourth-order valence-electron chi connectivity index (χ4n) is 2.01. The second kappa shape index (κ2) is 5.31. The van der Waals surface area contributed by atoms with Crippen LogP contribution in [0.2, 0.25) is 0 Å². The average Bonchev–Trinajstić information content (AvgIpc) is 2.29. The molecule has 3 N–H and O–H groups in total. The summed E-state index contributed by atoms with van der Waals surface area (Å²) in [5.41, 5.74) is -0.0880. The molecule has 1 saturated heterocycles. The van der Waals surface area contributed by atoms with Gasteiger partial charge in [0.2, 0.25) is 0 Å². The molecule has 17 heavy (non-hydrogen) atoms. The van der Waals surface area contributed by atoms with E-state index in [-0.39, 0.29) is 11.5 Å². The van der Waals surface area contributed by atoms with Crippen LogP contribution in [0, 0.1) is 0 Å². The Morgan fingerprint density at radius 3 is 3.00 bits per heavy atom. The monoisotopic (exact) mass is 236 g/mol. The van der Waals surface area contributed by atoms with Gasteiger partial charge in [-0.25, -0.2) is 4.98 Å². The summed E-state index contributed by atoms with van der Waals surface area (Å²) < 4.78 is 0. The molecule has 5 nitrogen and oxygen atoms in total. The van der Waals surface area contributed by atoms with E-state index in [1.165, 1.54) is 6.07 Å². The summed E-state index contributed by atoms with van der Waals surface area (Å²) in [4.78, 5) is 18.7. The summed E-state index contributed by atoms with van der Waals surface area (Å²) in [7, 11) is 0. The molecule has 0 radical (unpaired) electrons. The summed E-state index contributed by atoms with van der Waals surface area (Å²) in [6.07, 6.45) is 2.29. The van der Waals surface area contributed by atoms with E-state index in [4.69, 9.17) is 0 Å². The second-order valence-electron chi connectivity index (χ2n) is 4.86. The lowest BCUT2D eigenvalue weighted by Gasteiger charge is -2.24. The Kier molecular flexibility index (Phi) is 3.78. The van der Waals surface area contributed by atoms with Crippen molar-refractivity contribution in [3.8, 4) is 0 Å². The highest BCUT2D eigenvalue weighted by Gasteiger charge is 2.14. The van der Waals surface area contributed by atoms with Gasteiger partial charge in [0.05, 0.1) is 0 Å². The number of anilines is 1. The van der Waals surface area contributed by atoms with Crippen molar-refractivity contribution in [1.29, 1.82) is 0 Å². The van der Waals surface area contributed by atoms with E-state index >= 15 is 0 Å². The van der Waals surface area contributed by atoms with E-state index in [0.717, 1.165) is 31.8 Å². The van der Waals surface area contributed by atoms with Crippen LogP contribution in [0.3, 0.4) is 0 Å². The summed E-state index contributed by atoms with van der Waals surface area (Å²) in [5, 5.41) is 6.65. The van der Waals surface area contributed by atoms with Gasteiger partial charge < -0.3 is 15.6 Å². The number of piperidine rings is 1. The minimum atomic E-state index is -0.0880. The first kappa shape index (κ1) is 12.1. The zero-order chi connectivity index (χ0) is 12.3. The Bertz CT molecular complexity index is 421. The van der Waals surface area contributed by atoms with Gasteiger partial charge in [-0.05, 0) is 19.4 Å². The average molecular weight is 236 g/mol. The van der Waals surface area contributed by atoms with Gasteiger partial charge in [0, 0.05) is 24.6 Å². The molecule has 1 aliphatic rings. The number of nitrogens with zero attached hydrogens (tertiary/aromatic N) is 1. The number of H-pyrrole nitrogens is 1. The zero-order valence-corrected chi connectivity index (χ0v) is 10.4. The zero-order valence-electron chi connectivity index (χ0n) is 10.4. The quantitative estimate of drug-likeness (QED) is 0.734. The predicted molar refractivity (Wildman–Crippen MR) is 68.5 cm³/mol. The van der Waals surface area contributed by atoms with Crippen molar-refractivity contribution < 1.29 is 0 Å². The molecule has 0 aliphatic carbocycles. The van der Waals surface area contributed by atoms with Crippen molar-refractivity contribution in [1.82, 2.24) is 15.3 Å². The van der Waals surface area contributed by atoms with E-state index in [1.807, 2.05) is 13.8 Å². The van der Waals surface area contributed by atoms with Crippen molar-refractivity contribution in [3.05, 3.63) is 22.2 Å². The molecule has 0 spiro atoms. The van der Waals surface area contributed by atoms with Gasteiger partial charge in [-0.1, -0.05) is 13.8 Å². The van der Waals surface area contributed by atoms with Gasteiger partial charge in [-0.3, -0.25) is 4.79 Å². The third-order valence-corrected chi connectivity index (χ3v) is 2.96. The van der Waals surface area contributed by atoms with Crippen molar-refractivity contribution in [2.45, 2.75) is 38.6 Å². The first-order chi connectivity index (χ1) is 8.15. The van der Waals surface area contributed by atoms with Crippen molar-refractivity contribution in [2.24, 2.45) is 0 Å². The minimum absolute atomic E-state index is 0.0880. The topological polar surface area (TPSA) is 69.8 Å².